The van der Waals surface area contributed by atoms with Crippen molar-refractivity contribution in [3.05, 3.63) is 22.2 Å². The van der Waals surface area contributed by atoms with Crippen molar-refractivity contribution in [1.82, 2.24) is 4.90 Å². The molecule has 1 saturated heterocycles. The van der Waals surface area contributed by atoms with E-state index in [2.05, 4.69) is 24.1 Å². The first kappa shape index (κ1) is 16.4. The van der Waals surface area contributed by atoms with Crippen LogP contribution in [0.3, 0.4) is 0 Å². The van der Waals surface area contributed by atoms with Crippen LogP contribution < -0.4 is 11.1 Å². The lowest BCUT2D eigenvalue weighted by Gasteiger charge is -2.37. The van der Waals surface area contributed by atoms with Crippen LogP contribution in [0.15, 0.2) is 12.1 Å². The Hall–Kier alpha value is -0.970. The van der Waals surface area contributed by atoms with Crippen LogP contribution in [-0.4, -0.2) is 30.4 Å². The number of halogens is 2. The third-order valence-corrected chi connectivity index (χ3v) is 4.27. The summed E-state index contributed by atoms with van der Waals surface area (Å²) in [6.45, 7) is 6.67. The number of hydrogen-bond donors (Lipinski definition) is 2. The van der Waals surface area contributed by atoms with Crippen LogP contribution in [0, 0.1) is 5.41 Å². The van der Waals surface area contributed by atoms with Gasteiger partial charge in [0.15, 0.2) is 0 Å². The predicted octanol–water partition coefficient (Wildman–Crippen LogP) is 3.64. The number of nitrogens with one attached hydrogen (secondary N) is 1. The van der Waals surface area contributed by atoms with Crippen molar-refractivity contribution < 1.29 is 4.79 Å². The third-order valence-electron chi connectivity index (χ3n) is 3.68. The Morgan fingerprint density at radius 1 is 1.38 bits per heavy atom. The largest absolute Gasteiger partial charge is 0.399 e. The first-order valence-corrected chi connectivity index (χ1v) is 7.79. The van der Waals surface area contributed by atoms with Gasteiger partial charge >= 0.3 is 0 Å². The lowest BCUT2D eigenvalue weighted by Crippen LogP contribution is -2.43. The lowest BCUT2D eigenvalue weighted by atomic mass is 9.84. The van der Waals surface area contributed by atoms with E-state index in [1.54, 1.807) is 12.1 Å². The number of hydrogen-bond acceptors (Lipinski definition) is 3. The van der Waals surface area contributed by atoms with Crippen molar-refractivity contribution >= 4 is 40.5 Å². The van der Waals surface area contributed by atoms with Crippen molar-refractivity contribution in [2.24, 2.45) is 5.41 Å². The quantitative estimate of drug-likeness (QED) is 0.832. The van der Waals surface area contributed by atoms with Gasteiger partial charge < -0.3 is 11.1 Å². The maximum absolute atomic E-state index is 12.2. The summed E-state index contributed by atoms with van der Waals surface area (Å²) in [5.74, 6) is -0.110. The molecule has 1 fully saturated rings. The van der Waals surface area contributed by atoms with Gasteiger partial charge in [0.1, 0.15) is 0 Å². The van der Waals surface area contributed by atoms with Gasteiger partial charge in [0.25, 0.3) is 0 Å². The summed E-state index contributed by atoms with van der Waals surface area (Å²) in [7, 11) is 0. The summed E-state index contributed by atoms with van der Waals surface area (Å²) in [5, 5.41) is 3.49. The lowest BCUT2D eigenvalue weighted by molar-refractivity contribution is -0.118. The van der Waals surface area contributed by atoms with Crippen molar-refractivity contribution in [2.75, 3.05) is 30.7 Å². The highest BCUT2D eigenvalue weighted by atomic mass is 35.5. The molecule has 0 aromatic heterocycles. The zero-order valence-electron chi connectivity index (χ0n) is 12.4. The molecule has 0 radical (unpaired) electrons. The molecule has 1 amide bonds. The summed E-state index contributed by atoms with van der Waals surface area (Å²) in [5.41, 5.74) is 6.81. The van der Waals surface area contributed by atoms with E-state index >= 15 is 0 Å². The number of benzene rings is 1. The molecular formula is C15H21Cl2N3O. The fraction of sp³-hybridized carbons (Fsp3) is 0.533. The van der Waals surface area contributed by atoms with Crippen molar-refractivity contribution in [3.63, 3.8) is 0 Å². The second-order valence-corrected chi connectivity index (χ2v) is 7.20. The predicted molar refractivity (Wildman–Crippen MR) is 89.0 cm³/mol. The van der Waals surface area contributed by atoms with Gasteiger partial charge in [0.05, 0.1) is 22.3 Å². The Bertz CT molecular complexity index is 523. The van der Waals surface area contributed by atoms with Gasteiger partial charge in [-0.1, -0.05) is 37.0 Å². The fourth-order valence-electron chi connectivity index (χ4n) is 2.77. The third kappa shape index (κ3) is 4.50. The molecule has 0 saturated carbocycles. The zero-order chi connectivity index (χ0) is 15.6. The summed E-state index contributed by atoms with van der Waals surface area (Å²) in [6, 6.07) is 3.15. The van der Waals surface area contributed by atoms with Crippen molar-refractivity contribution in [2.45, 2.75) is 26.7 Å². The molecule has 1 heterocycles. The molecule has 3 N–H and O–H groups in total. The number of rotatable bonds is 3. The van der Waals surface area contributed by atoms with Crippen LogP contribution >= 0.6 is 23.2 Å². The average molecular weight is 330 g/mol. The van der Waals surface area contributed by atoms with E-state index in [4.69, 9.17) is 28.9 Å². The fourth-order valence-corrected chi connectivity index (χ4v) is 3.37. The number of anilines is 2. The average Bonchev–Trinajstić information content (AvgIpc) is 2.32. The highest BCUT2D eigenvalue weighted by Gasteiger charge is 2.27. The Morgan fingerprint density at radius 3 is 2.57 bits per heavy atom. The summed E-state index contributed by atoms with van der Waals surface area (Å²) in [6.07, 6.45) is 2.31. The first-order chi connectivity index (χ1) is 9.77. The monoisotopic (exact) mass is 329 g/mol. The van der Waals surface area contributed by atoms with E-state index in [1.807, 2.05) is 0 Å². The van der Waals surface area contributed by atoms with Crippen molar-refractivity contribution in [3.8, 4) is 0 Å². The molecule has 2 rings (SSSR count). The van der Waals surface area contributed by atoms with E-state index in [0.29, 0.717) is 28.0 Å². The number of carbonyl (C=O) groups excluding carboxylic acids is 1. The van der Waals surface area contributed by atoms with E-state index in [0.717, 1.165) is 19.5 Å². The Labute approximate surface area is 135 Å². The number of piperidine rings is 1. The van der Waals surface area contributed by atoms with E-state index in [1.165, 1.54) is 6.42 Å². The number of amides is 1. The topological polar surface area (TPSA) is 58.4 Å². The summed E-state index contributed by atoms with van der Waals surface area (Å²) in [4.78, 5) is 14.3. The maximum Gasteiger partial charge on any atom is 0.238 e. The molecule has 0 bridgehead atoms. The van der Waals surface area contributed by atoms with Crippen LogP contribution in [0.2, 0.25) is 10.0 Å². The van der Waals surface area contributed by atoms with Gasteiger partial charge in [-0.05, 0) is 36.9 Å². The zero-order valence-corrected chi connectivity index (χ0v) is 13.9. The SMILES string of the molecule is CC1(C)CCCN(CC(=O)Nc2c(Cl)cc(N)cc2Cl)C1. The van der Waals surface area contributed by atoms with Gasteiger partial charge in [0.2, 0.25) is 5.91 Å². The van der Waals surface area contributed by atoms with Gasteiger partial charge in [-0.25, -0.2) is 0 Å². The minimum atomic E-state index is -0.110. The minimum Gasteiger partial charge on any atom is -0.399 e. The number of nitrogen functional groups attached to an aromatic ring is 1. The number of nitrogens with zero attached hydrogens (tertiary/aromatic N) is 1. The molecule has 1 aliphatic rings. The van der Waals surface area contributed by atoms with Gasteiger partial charge in [-0.3, -0.25) is 9.69 Å². The minimum absolute atomic E-state index is 0.110. The van der Waals surface area contributed by atoms with Gasteiger partial charge in [0, 0.05) is 12.2 Å². The van der Waals surface area contributed by atoms with E-state index in [9.17, 15) is 4.79 Å². The Morgan fingerprint density at radius 2 is 2.00 bits per heavy atom. The van der Waals surface area contributed by atoms with Gasteiger partial charge in [-0.15, -0.1) is 0 Å². The maximum atomic E-state index is 12.2. The molecule has 116 valence electrons. The first-order valence-electron chi connectivity index (χ1n) is 7.03. The molecule has 0 unspecified atom stereocenters. The summed E-state index contributed by atoms with van der Waals surface area (Å²) < 4.78 is 0. The number of carbonyl (C=O) groups is 1. The van der Waals surface area contributed by atoms with E-state index in [-0.39, 0.29) is 11.3 Å². The van der Waals surface area contributed by atoms with Crippen LogP contribution in [0.1, 0.15) is 26.7 Å². The second kappa shape index (κ2) is 6.42. The normalized spacial score (nSPS) is 18.5. The molecule has 4 nitrogen and oxygen atoms in total. The smallest absolute Gasteiger partial charge is 0.238 e. The molecule has 1 aliphatic heterocycles. The van der Waals surface area contributed by atoms with E-state index < -0.39 is 0 Å². The number of likely N-dealkylation sites (tertiary alicyclic amines) is 1. The molecule has 21 heavy (non-hydrogen) atoms. The molecule has 0 aliphatic carbocycles. The Balaban J connectivity index is 1.99. The van der Waals surface area contributed by atoms with Crippen LogP contribution in [-0.2, 0) is 4.79 Å². The molecule has 6 heteroatoms. The molecule has 1 aromatic carbocycles. The summed E-state index contributed by atoms with van der Waals surface area (Å²) >= 11 is 12.1. The van der Waals surface area contributed by atoms with Crippen LogP contribution in [0.25, 0.3) is 0 Å². The molecule has 1 aromatic rings. The van der Waals surface area contributed by atoms with Crippen LogP contribution in [0.4, 0.5) is 11.4 Å². The van der Waals surface area contributed by atoms with Crippen LogP contribution in [0.5, 0.6) is 0 Å². The standard InChI is InChI=1S/C15H21Cl2N3O/c1-15(2)4-3-5-20(9-15)8-13(21)19-14-11(16)6-10(18)7-12(14)17/h6-7H,3-5,8-9,18H2,1-2H3,(H,19,21). The highest BCUT2D eigenvalue weighted by Crippen LogP contribution is 2.33. The van der Waals surface area contributed by atoms with Gasteiger partial charge in [-0.2, -0.15) is 0 Å². The van der Waals surface area contributed by atoms with Crippen molar-refractivity contribution in [1.29, 1.82) is 0 Å². The Kier molecular flexibility index (Phi) is 5.02. The second-order valence-electron chi connectivity index (χ2n) is 6.39. The molecule has 0 spiro atoms. The number of nitrogens with two attached hydrogens (primary N) is 1. The highest BCUT2D eigenvalue weighted by molar-refractivity contribution is 6.40. The molecular weight excluding hydrogens is 309 g/mol. The molecule has 0 atom stereocenters.